The Morgan fingerprint density at radius 1 is 1.00 bits per heavy atom. The van der Waals surface area contributed by atoms with E-state index in [9.17, 15) is 5.11 Å². The van der Waals surface area contributed by atoms with Gasteiger partial charge in [0.2, 0.25) is 0 Å². The zero-order valence-corrected chi connectivity index (χ0v) is 15.2. The maximum atomic E-state index is 9.72. The molecule has 0 bridgehead atoms. The lowest BCUT2D eigenvalue weighted by molar-refractivity contribution is 0.214. The van der Waals surface area contributed by atoms with E-state index in [1.54, 1.807) is 19.2 Å². The SMILES string of the molecule is C=C(NN1CCN(c2ccccc2OC)CC1)c1ccc(O)c(OC)c1. The number of phenolic OH excluding ortho intramolecular Hbond substituents is 1. The van der Waals surface area contributed by atoms with Crippen molar-refractivity contribution < 1.29 is 14.6 Å². The van der Waals surface area contributed by atoms with E-state index in [1.807, 2.05) is 24.3 Å². The van der Waals surface area contributed by atoms with Gasteiger partial charge in [-0.05, 0) is 30.3 Å². The predicted molar refractivity (Wildman–Crippen MR) is 104 cm³/mol. The van der Waals surface area contributed by atoms with Crippen molar-refractivity contribution in [2.24, 2.45) is 0 Å². The summed E-state index contributed by atoms with van der Waals surface area (Å²) < 4.78 is 10.6. The van der Waals surface area contributed by atoms with Crippen LogP contribution in [0, 0.1) is 0 Å². The van der Waals surface area contributed by atoms with Gasteiger partial charge in [0.1, 0.15) is 5.75 Å². The number of para-hydroxylation sites is 2. The third-order valence-electron chi connectivity index (χ3n) is 4.53. The van der Waals surface area contributed by atoms with Crippen molar-refractivity contribution in [3.8, 4) is 17.2 Å². The highest BCUT2D eigenvalue weighted by molar-refractivity contribution is 5.64. The van der Waals surface area contributed by atoms with Crippen LogP contribution in [-0.2, 0) is 0 Å². The van der Waals surface area contributed by atoms with Gasteiger partial charge >= 0.3 is 0 Å². The van der Waals surface area contributed by atoms with Crippen LogP contribution < -0.4 is 19.8 Å². The highest BCUT2D eigenvalue weighted by Crippen LogP contribution is 2.29. The van der Waals surface area contributed by atoms with Crippen LogP contribution in [0.25, 0.3) is 5.70 Å². The average Bonchev–Trinajstić information content (AvgIpc) is 2.69. The van der Waals surface area contributed by atoms with Gasteiger partial charge < -0.3 is 24.9 Å². The quantitative estimate of drug-likeness (QED) is 0.831. The average molecular weight is 355 g/mol. The molecule has 3 rings (SSSR count). The third-order valence-corrected chi connectivity index (χ3v) is 4.53. The summed E-state index contributed by atoms with van der Waals surface area (Å²) in [5, 5.41) is 11.9. The fourth-order valence-corrected chi connectivity index (χ4v) is 3.07. The number of rotatable bonds is 6. The molecule has 138 valence electrons. The molecule has 6 nitrogen and oxygen atoms in total. The molecule has 0 spiro atoms. The normalized spacial score (nSPS) is 14.8. The monoisotopic (exact) mass is 355 g/mol. The summed E-state index contributed by atoms with van der Waals surface area (Å²) in [5.74, 6) is 1.45. The van der Waals surface area contributed by atoms with Crippen LogP contribution in [0.15, 0.2) is 49.0 Å². The van der Waals surface area contributed by atoms with Crippen molar-refractivity contribution in [3.05, 3.63) is 54.6 Å². The van der Waals surface area contributed by atoms with E-state index in [2.05, 4.69) is 28.0 Å². The van der Waals surface area contributed by atoms with Crippen molar-refractivity contribution in [2.45, 2.75) is 0 Å². The molecule has 6 heteroatoms. The minimum absolute atomic E-state index is 0.120. The molecule has 2 N–H and O–H groups in total. The van der Waals surface area contributed by atoms with E-state index in [-0.39, 0.29) is 5.75 Å². The van der Waals surface area contributed by atoms with Crippen LogP contribution >= 0.6 is 0 Å². The molecule has 1 fully saturated rings. The Kier molecular flexibility index (Phi) is 5.53. The molecule has 1 saturated heterocycles. The van der Waals surface area contributed by atoms with Gasteiger partial charge in [0.05, 0.1) is 19.9 Å². The Hall–Kier alpha value is -2.86. The molecule has 0 amide bonds. The summed E-state index contributed by atoms with van der Waals surface area (Å²) in [7, 11) is 3.23. The zero-order chi connectivity index (χ0) is 18.5. The molecular formula is C20H25N3O3. The number of hydrogen-bond donors (Lipinski definition) is 2. The Bertz CT molecular complexity index is 771. The lowest BCUT2D eigenvalue weighted by atomic mass is 10.1. The maximum Gasteiger partial charge on any atom is 0.161 e. The first-order valence-electron chi connectivity index (χ1n) is 8.58. The van der Waals surface area contributed by atoms with Crippen molar-refractivity contribution in [1.29, 1.82) is 0 Å². The molecule has 2 aromatic carbocycles. The lowest BCUT2D eigenvalue weighted by Gasteiger charge is -2.37. The van der Waals surface area contributed by atoms with Crippen molar-refractivity contribution in [1.82, 2.24) is 10.4 Å². The highest BCUT2D eigenvalue weighted by atomic mass is 16.5. The van der Waals surface area contributed by atoms with Crippen molar-refractivity contribution >= 4 is 11.4 Å². The number of nitrogens with one attached hydrogen (secondary N) is 1. The molecule has 2 aromatic rings. The van der Waals surface area contributed by atoms with Crippen molar-refractivity contribution in [3.63, 3.8) is 0 Å². The van der Waals surface area contributed by atoms with Crippen LogP contribution in [0.3, 0.4) is 0 Å². The van der Waals surface area contributed by atoms with Gasteiger partial charge in [-0.2, -0.15) is 0 Å². The molecule has 26 heavy (non-hydrogen) atoms. The molecule has 1 heterocycles. The zero-order valence-electron chi connectivity index (χ0n) is 15.2. The first kappa shape index (κ1) is 17.9. The Balaban J connectivity index is 1.59. The van der Waals surface area contributed by atoms with E-state index >= 15 is 0 Å². The van der Waals surface area contributed by atoms with Gasteiger partial charge in [0.15, 0.2) is 11.5 Å². The largest absolute Gasteiger partial charge is 0.504 e. The summed E-state index contributed by atoms with van der Waals surface area (Å²) in [4.78, 5) is 2.32. The van der Waals surface area contributed by atoms with Gasteiger partial charge in [-0.25, -0.2) is 5.01 Å². The third kappa shape index (κ3) is 3.86. The van der Waals surface area contributed by atoms with Gasteiger partial charge in [-0.3, -0.25) is 0 Å². The molecule has 0 saturated carbocycles. The molecule has 0 aliphatic carbocycles. The predicted octanol–water partition coefficient (Wildman–Crippen LogP) is 2.71. The van der Waals surface area contributed by atoms with Gasteiger partial charge in [-0.15, -0.1) is 0 Å². The number of ether oxygens (including phenoxy) is 2. The fraction of sp³-hybridized carbons (Fsp3) is 0.300. The van der Waals surface area contributed by atoms with E-state index in [4.69, 9.17) is 9.47 Å². The van der Waals surface area contributed by atoms with Crippen LogP contribution in [0.1, 0.15) is 5.56 Å². The molecule has 0 radical (unpaired) electrons. The topological polar surface area (TPSA) is 57.2 Å². The summed E-state index contributed by atoms with van der Waals surface area (Å²) in [6.07, 6.45) is 0. The van der Waals surface area contributed by atoms with E-state index in [1.165, 1.54) is 7.11 Å². The number of nitrogens with zero attached hydrogens (tertiary/aromatic N) is 2. The van der Waals surface area contributed by atoms with Crippen LogP contribution in [0.5, 0.6) is 17.2 Å². The van der Waals surface area contributed by atoms with Gasteiger partial charge in [0, 0.05) is 37.4 Å². The number of aromatic hydroxyl groups is 1. The standard InChI is InChI=1S/C20H25N3O3/c1-15(16-8-9-18(24)20(14-16)26-3)21-23-12-10-22(11-13-23)17-6-4-5-7-19(17)25-2/h4-9,14,21,24H,1,10-13H2,2-3H3. The Labute approximate surface area is 154 Å². The van der Waals surface area contributed by atoms with Crippen molar-refractivity contribution in [2.75, 3.05) is 45.3 Å². The minimum Gasteiger partial charge on any atom is -0.504 e. The highest BCUT2D eigenvalue weighted by Gasteiger charge is 2.20. The minimum atomic E-state index is 0.120. The number of hydrazine groups is 1. The molecule has 0 unspecified atom stereocenters. The number of anilines is 1. The smallest absolute Gasteiger partial charge is 0.161 e. The first-order chi connectivity index (χ1) is 12.6. The summed E-state index contributed by atoms with van der Waals surface area (Å²) in [6.45, 7) is 7.59. The van der Waals surface area contributed by atoms with Crippen LogP contribution in [0.4, 0.5) is 5.69 Å². The number of hydrogen-bond acceptors (Lipinski definition) is 6. The number of methoxy groups -OCH3 is 2. The number of benzene rings is 2. The lowest BCUT2D eigenvalue weighted by Crippen LogP contribution is -2.51. The van der Waals surface area contributed by atoms with Gasteiger partial charge in [-0.1, -0.05) is 18.7 Å². The maximum absolute atomic E-state index is 9.72. The second-order valence-electron chi connectivity index (χ2n) is 6.12. The Morgan fingerprint density at radius 2 is 1.69 bits per heavy atom. The number of piperazine rings is 1. The van der Waals surface area contributed by atoms with E-state index < -0.39 is 0 Å². The number of phenols is 1. The Morgan fingerprint density at radius 3 is 2.38 bits per heavy atom. The van der Waals surface area contributed by atoms with E-state index in [0.29, 0.717) is 5.75 Å². The van der Waals surface area contributed by atoms with Crippen LogP contribution in [-0.4, -0.2) is 50.5 Å². The first-order valence-corrected chi connectivity index (χ1v) is 8.58. The molecule has 1 aliphatic rings. The molecule has 0 aromatic heterocycles. The molecule has 1 aliphatic heterocycles. The van der Waals surface area contributed by atoms with Gasteiger partial charge in [0.25, 0.3) is 0 Å². The summed E-state index contributed by atoms with van der Waals surface area (Å²) >= 11 is 0. The molecule has 0 atom stereocenters. The summed E-state index contributed by atoms with van der Waals surface area (Å²) in [5.41, 5.74) is 6.13. The molecular weight excluding hydrogens is 330 g/mol. The summed E-state index contributed by atoms with van der Waals surface area (Å²) in [6, 6.07) is 13.3. The van der Waals surface area contributed by atoms with E-state index in [0.717, 1.165) is 48.9 Å². The second kappa shape index (κ2) is 8.01. The fourth-order valence-electron chi connectivity index (χ4n) is 3.07. The second-order valence-corrected chi connectivity index (χ2v) is 6.12. The van der Waals surface area contributed by atoms with Crippen LogP contribution in [0.2, 0.25) is 0 Å².